The van der Waals surface area contributed by atoms with Crippen LogP contribution in [0.25, 0.3) is 0 Å². The monoisotopic (exact) mass is 322 g/mol. The Labute approximate surface area is 137 Å². The molecule has 3 rings (SSSR count). The molecule has 1 aromatic rings. The summed E-state index contributed by atoms with van der Waals surface area (Å²) in [4.78, 5) is 14.4. The third-order valence-corrected chi connectivity index (χ3v) is 4.84. The fourth-order valence-electron chi connectivity index (χ4n) is 3.39. The minimum atomic E-state index is -0.553. The lowest BCUT2D eigenvalue weighted by Crippen LogP contribution is -2.51. The maximum Gasteiger partial charge on any atom is 0.317 e. The van der Waals surface area contributed by atoms with E-state index in [1.54, 1.807) is 0 Å². The average molecular weight is 322 g/mol. The fourth-order valence-corrected chi connectivity index (χ4v) is 3.39. The molecule has 2 fully saturated rings. The van der Waals surface area contributed by atoms with Crippen LogP contribution in [-0.2, 0) is 9.47 Å². The third kappa shape index (κ3) is 3.53. The van der Waals surface area contributed by atoms with Crippen LogP contribution in [0.2, 0.25) is 0 Å². The van der Waals surface area contributed by atoms with Gasteiger partial charge in [-0.1, -0.05) is 0 Å². The first-order valence-corrected chi connectivity index (χ1v) is 8.37. The molecular formula is C17H26N2O4. The van der Waals surface area contributed by atoms with Crippen LogP contribution < -0.4 is 5.32 Å². The van der Waals surface area contributed by atoms with Crippen molar-refractivity contribution in [1.82, 2.24) is 10.2 Å². The second-order valence-electron chi connectivity index (χ2n) is 6.62. The van der Waals surface area contributed by atoms with Gasteiger partial charge in [-0.3, -0.25) is 0 Å². The van der Waals surface area contributed by atoms with Crippen molar-refractivity contribution in [3.63, 3.8) is 0 Å². The van der Waals surface area contributed by atoms with Crippen LogP contribution in [0.1, 0.15) is 44.3 Å². The van der Waals surface area contributed by atoms with Crippen molar-refractivity contribution >= 4 is 6.03 Å². The van der Waals surface area contributed by atoms with Crippen LogP contribution in [0.3, 0.4) is 0 Å². The number of urea groups is 1. The molecule has 6 heteroatoms. The van der Waals surface area contributed by atoms with Gasteiger partial charge in [0.1, 0.15) is 11.5 Å². The van der Waals surface area contributed by atoms with Crippen LogP contribution in [0, 0.1) is 12.8 Å². The third-order valence-electron chi connectivity index (χ3n) is 4.84. The first-order chi connectivity index (χ1) is 11.0. The van der Waals surface area contributed by atoms with Gasteiger partial charge in [0.25, 0.3) is 0 Å². The predicted octanol–water partition coefficient (Wildman–Crippen LogP) is 2.83. The van der Waals surface area contributed by atoms with E-state index in [0.29, 0.717) is 19.8 Å². The van der Waals surface area contributed by atoms with Gasteiger partial charge >= 0.3 is 6.03 Å². The van der Waals surface area contributed by atoms with E-state index >= 15 is 0 Å². The number of furan rings is 1. The second-order valence-corrected chi connectivity index (χ2v) is 6.62. The molecule has 3 heterocycles. The molecule has 6 nitrogen and oxygen atoms in total. The van der Waals surface area contributed by atoms with Crippen molar-refractivity contribution in [1.29, 1.82) is 0 Å². The summed E-state index contributed by atoms with van der Waals surface area (Å²) in [6.45, 7) is 8.51. The topological polar surface area (TPSA) is 63.9 Å². The van der Waals surface area contributed by atoms with Crippen molar-refractivity contribution in [3.8, 4) is 0 Å². The fraction of sp³-hybridized carbons (Fsp3) is 0.706. The SMILES string of the molecule is Cc1ccc([C@@H](C)NC(=O)N2CCC[C@H](C3(C)OCCO3)C2)o1. The van der Waals surface area contributed by atoms with E-state index < -0.39 is 5.79 Å². The van der Waals surface area contributed by atoms with Crippen LogP contribution in [-0.4, -0.2) is 43.0 Å². The van der Waals surface area contributed by atoms with Crippen molar-refractivity contribution < 1.29 is 18.7 Å². The molecule has 128 valence electrons. The van der Waals surface area contributed by atoms with Gasteiger partial charge in [0, 0.05) is 19.0 Å². The lowest BCUT2D eigenvalue weighted by atomic mass is 9.90. The Kier molecular flexibility index (Phi) is 4.64. The van der Waals surface area contributed by atoms with Crippen molar-refractivity contribution in [3.05, 3.63) is 23.7 Å². The highest BCUT2D eigenvalue weighted by Crippen LogP contribution is 2.34. The van der Waals surface area contributed by atoms with Crippen LogP contribution in [0.15, 0.2) is 16.5 Å². The van der Waals surface area contributed by atoms with E-state index in [9.17, 15) is 4.79 Å². The van der Waals surface area contributed by atoms with E-state index in [1.165, 1.54) is 0 Å². The van der Waals surface area contributed by atoms with Gasteiger partial charge in [0.2, 0.25) is 0 Å². The molecule has 2 saturated heterocycles. The summed E-state index contributed by atoms with van der Waals surface area (Å²) in [7, 11) is 0. The standard InChI is InChI=1S/C17H26N2O4/c1-12-6-7-15(23-12)13(2)18-16(20)19-8-4-5-14(11-19)17(3)21-9-10-22-17/h6-7,13-14H,4-5,8-11H2,1-3H3,(H,18,20)/t13-,14+/m1/s1. The van der Waals surface area contributed by atoms with Gasteiger partial charge in [-0.05, 0) is 45.7 Å². The number of rotatable bonds is 3. The van der Waals surface area contributed by atoms with Crippen LogP contribution in [0.4, 0.5) is 4.79 Å². The van der Waals surface area contributed by atoms with Crippen molar-refractivity contribution in [2.75, 3.05) is 26.3 Å². The average Bonchev–Trinajstić information content (AvgIpc) is 3.17. The van der Waals surface area contributed by atoms with Gasteiger partial charge < -0.3 is 24.1 Å². The Bertz CT molecular complexity index is 551. The maximum atomic E-state index is 12.5. The summed E-state index contributed by atoms with van der Waals surface area (Å²) in [6.07, 6.45) is 1.99. The minimum Gasteiger partial charge on any atom is -0.464 e. The number of hydrogen-bond acceptors (Lipinski definition) is 4. The minimum absolute atomic E-state index is 0.0575. The van der Waals surface area contributed by atoms with E-state index in [2.05, 4.69) is 5.32 Å². The smallest absolute Gasteiger partial charge is 0.317 e. The predicted molar refractivity (Wildman–Crippen MR) is 85.0 cm³/mol. The molecule has 0 bridgehead atoms. The Morgan fingerprint density at radius 1 is 1.39 bits per heavy atom. The molecule has 23 heavy (non-hydrogen) atoms. The number of nitrogens with one attached hydrogen (secondary N) is 1. The van der Waals surface area contributed by atoms with Gasteiger partial charge in [-0.2, -0.15) is 0 Å². The molecule has 1 aromatic heterocycles. The summed E-state index contributed by atoms with van der Waals surface area (Å²) in [5.41, 5.74) is 0. The van der Waals surface area contributed by atoms with Crippen LogP contribution >= 0.6 is 0 Å². The normalized spacial score (nSPS) is 25.3. The molecule has 0 spiro atoms. The van der Waals surface area contributed by atoms with Gasteiger partial charge in [0.05, 0.1) is 19.3 Å². The van der Waals surface area contributed by atoms with E-state index in [0.717, 1.165) is 30.9 Å². The molecule has 2 atom stereocenters. The highest BCUT2D eigenvalue weighted by atomic mass is 16.7. The largest absolute Gasteiger partial charge is 0.464 e. The highest BCUT2D eigenvalue weighted by Gasteiger charge is 2.42. The summed E-state index contributed by atoms with van der Waals surface area (Å²) in [5.74, 6) is 1.29. The lowest BCUT2D eigenvalue weighted by Gasteiger charge is -2.40. The number of aryl methyl sites for hydroxylation is 1. The number of ether oxygens (including phenoxy) is 2. The molecule has 2 aliphatic rings. The lowest BCUT2D eigenvalue weighted by molar-refractivity contribution is -0.189. The van der Waals surface area contributed by atoms with E-state index in [4.69, 9.17) is 13.9 Å². The molecule has 2 amide bonds. The number of nitrogens with zero attached hydrogens (tertiary/aromatic N) is 1. The molecule has 0 unspecified atom stereocenters. The highest BCUT2D eigenvalue weighted by molar-refractivity contribution is 5.74. The molecule has 0 radical (unpaired) electrons. The summed E-state index contributed by atoms with van der Waals surface area (Å²) >= 11 is 0. The summed E-state index contributed by atoms with van der Waals surface area (Å²) in [6, 6.07) is 3.61. The number of amides is 2. The number of carbonyl (C=O) groups is 1. The molecule has 0 saturated carbocycles. The van der Waals surface area contributed by atoms with Crippen molar-refractivity contribution in [2.45, 2.75) is 45.4 Å². The zero-order chi connectivity index (χ0) is 16.4. The number of likely N-dealkylation sites (tertiary alicyclic amines) is 1. The number of piperidine rings is 1. The van der Waals surface area contributed by atoms with Crippen molar-refractivity contribution in [2.24, 2.45) is 5.92 Å². The number of carbonyl (C=O) groups excluding carboxylic acids is 1. The Morgan fingerprint density at radius 3 is 2.78 bits per heavy atom. The first-order valence-electron chi connectivity index (χ1n) is 8.37. The Morgan fingerprint density at radius 2 is 2.13 bits per heavy atom. The molecule has 0 aliphatic carbocycles. The molecule has 1 N–H and O–H groups in total. The van der Waals surface area contributed by atoms with Crippen LogP contribution in [0.5, 0.6) is 0 Å². The zero-order valence-electron chi connectivity index (χ0n) is 14.1. The Balaban J connectivity index is 1.58. The molecule has 2 aliphatic heterocycles. The van der Waals surface area contributed by atoms with Gasteiger partial charge in [-0.15, -0.1) is 0 Å². The second kappa shape index (κ2) is 6.53. The zero-order valence-corrected chi connectivity index (χ0v) is 14.1. The van der Waals surface area contributed by atoms with E-state index in [1.807, 2.05) is 37.8 Å². The van der Waals surface area contributed by atoms with Gasteiger partial charge in [-0.25, -0.2) is 4.79 Å². The first kappa shape index (κ1) is 16.3. The molecule has 0 aromatic carbocycles. The quantitative estimate of drug-likeness (QED) is 0.929. The molecular weight excluding hydrogens is 296 g/mol. The van der Waals surface area contributed by atoms with Gasteiger partial charge in [0.15, 0.2) is 5.79 Å². The summed E-state index contributed by atoms with van der Waals surface area (Å²) in [5, 5.41) is 3.01. The Hall–Kier alpha value is -1.53. The number of hydrogen-bond donors (Lipinski definition) is 1. The maximum absolute atomic E-state index is 12.5. The van der Waals surface area contributed by atoms with E-state index in [-0.39, 0.29) is 18.0 Å². The summed E-state index contributed by atoms with van der Waals surface area (Å²) < 4.78 is 17.1.